The molecule has 3 atom stereocenters. The molecule has 9 heteroatoms. The fourth-order valence-corrected chi connectivity index (χ4v) is 6.93. The van der Waals surface area contributed by atoms with Crippen LogP contribution in [-0.4, -0.2) is 81.1 Å². The highest BCUT2D eigenvalue weighted by atomic mass is 16.2. The second kappa shape index (κ2) is 7.00. The highest BCUT2D eigenvalue weighted by molar-refractivity contribution is 5.89. The maximum absolute atomic E-state index is 13.3. The lowest BCUT2D eigenvalue weighted by Gasteiger charge is -2.61. The van der Waals surface area contributed by atoms with Gasteiger partial charge in [-0.1, -0.05) is 0 Å². The van der Waals surface area contributed by atoms with E-state index < -0.39 is 0 Å². The van der Waals surface area contributed by atoms with Crippen molar-refractivity contribution in [2.24, 2.45) is 17.8 Å². The monoisotopic (exact) mass is 415 g/mol. The molecular weight excluding hydrogens is 382 g/mol. The molecule has 164 valence electrons. The standard InChI is InChI=1S/C21H33N7O2/c1-14-23-25-28(24-14)21-10-15-6-16(11-21)9-20(8-15,13-21)22-19(30)17-7-18(29)27(12-17)5-4-26(2)3/h15-17H,4-13H2,1-3H3,(H,22,30). The third kappa shape index (κ3) is 3.40. The quantitative estimate of drug-likeness (QED) is 0.729. The Morgan fingerprint density at radius 3 is 2.60 bits per heavy atom. The van der Waals surface area contributed by atoms with Gasteiger partial charge in [-0.2, -0.15) is 4.80 Å². The number of amides is 2. The molecule has 5 aliphatic rings. The average molecular weight is 416 g/mol. The Morgan fingerprint density at radius 1 is 1.23 bits per heavy atom. The van der Waals surface area contributed by atoms with Crippen molar-refractivity contribution < 1.29 is 9.59 Å². The summed E-state index contributed by atoms with van der Waals surface area (Å²) in [5.41, 5.74) is -0.315. The third-order valence-corrected chi connectivity index (χ3v) is 7.76. The van der Waals surface area contributed by atoms with Crippen molar-refractivity contribution in [2.75, 3.05) is 33.7 Å². The Hall–Kier alpha value is -2.03. The summed E-state index contributed by atoms with van der Waals surface area (Å²) in [6.45, 7) is 3.92. The number of likely N-dealkylation sites (tertiary alicyclic amines) is 1. The summed E-state index contributed by atoms with van der Waals surface area (Å²) in [5.74, 6) is 1.80. The Kier molecular flexibility index (Phi) is 4.65. The minimum Gasteiger partial charge on any atom is -0.350 e. The van der Waals surface area contributed by atoms with Gasteiger partial charge in [0.2, 0.25) is 11.8 Å². The summed E-state index contributed by atoms with van der Waals surface area (Å²) in [6, 6.07) is 0. The second-order valence-electron chi connectivity index (χ2n) is 10.6. The van der Waals surface area contributed by atoms with Crippen LogP contribution in [-0.2, 0) is 15.1 Å². The maximum atomic E-state index is 13.3. The first-order chi connectivity index (χ1) is 14.3. The molecule has 4 aliphatic carbocycles. The number of carbonyl (C=O) groups is 2. The van der Waals surface area contributed by atoms with Crippen LogP contribution in [0, 0.1) is 24.7 Å². The van der Waals surface area contributed by atoms with E-state index in [0.29, 0.717) is 37.2 Å². The van der Waals surface area contributed by atoms with Crippen LogP contribution in [0.3, 0.4) is 0 Å². The largest absolute Gasteiger partial charge is 0.350 e. The molecule has 4 bridgehead atoms. The van der Waals surface area contributed by atoms with Crippen LogP contribution < -0.4 is 5.32 Å². The highest BCUT2D eigenvalue weighted by Crippen LogP contribution is 2.60. The molecule has 30 heavy (non-hydrogen) atoms. The van der Waals surface area contributed by atoms with Gasteiger partial charge in [0, 0.05) is 31.6 Å². The number of aromatic nitrogens is 4. The number of hydrogen-bond acceptors (Lipinski definition) is 6. The maximum Gasteiger partial charge on any atom is 0.225 e. The second-order valence-corrected chi connectivity index (χ2v) is 10.6. The number of carbonyl (C=O) groups excluding carboxylic acids is 2. The van der Waals surface area contributed by atoms with Crippen LogP contribution >= 0.6 is 0 Å². The molecule has 2 amide bonds. The lowest BCUT2D eigenvalue weighted by atomic mass is 9.50. The summed E-state index contributed by atoms with van der Waals surface area (Å²) in [5, 5.41) is 16.5. The molecule has 1 saturated heterocycles. The van der Waals surface area contributed by atoms with Crippen LogP contribution in [0.4, 0.5) is 0 Å². The smallest absolute Gasteiger partial charge is 0.225 e. The number of tetrazole rings is 1. The van der Waals surface area contributed by atoms with Gasteiger partial charge in [-0.25, -0.2) is 0 Å². The highest BCUT2D eigenvalue weighted by Gasteiger charge is 2.60. The zero-order valence-electron chi connectivity index (χ0n) is 18.3. The summed E-state index contributed by atoms with van der Waals surface area (Å²) >= 11 is 0. The van der Waals surface area contributed by atoms with Crippen molar-refractivity contribution in [3.05, 3.63) is 5.82 Å². The average Bonchev–Trinajstić information content (AvgIpc) is 3.25. The first kappa shape index (κ1) is 19.9. The number of aryl methyl sites for hydroxylation is 1. The lowest BCUT2D eigenvalue weighted by molar-refractivity contribution is -0.135. The molecule has 5 fully saturated rings. The van der Waals surface area contributed by atoms with E-state index in [-0.39, 0.29) is 28.8 Å². The van der Waals surface area contributed by atoms with E-state index in [2.05, 4.69) is 25.6 Å². The molecule has 1 N–H and O–H groups in total. The number of hydrogen-bond donors (Lipinski definition) is 1. The van der Waals surface area contributed by atoms with Crippen LogP contribution in [0.2, 0.25) is 0 Å². The number of likely N-dealkylation sites (N-methyl/N-ethyl adjacent to an activating group) is 1. The van der Waals surface area contributed by atoms with Gasteiger partial charge < -0.3 is 15.1 Å². The molecule has 1 aromatic heterocycles. The molecule has 2 heterocycles. The summed E-state index contributed by atoms with van der Waals surface area (Å²) in [4.78, 5) is 31.4. The van der Waals surface area contributed by atoms with Gasteiger partial charge in [0.25, 0.3) is 0 Å². The van der Waals surface area contributed by atoms with E-state index in [9.17, 15) is 9.59 Å². The van der Waals surface area contributed by atoms with Crippen LogP contribution in [0.5, 0.6) is 0 Å². The Bertz CT molecular complexity index is 836. The van der Waals surface area contributed by atoms with Gasteiger partial charge in [0.1, 0.15) is 0 Å². The first-order valence-corrected chi connectivity index (χ1v) is 11.3. The van der Waals surface area contributed by atoms with Gasteiger partial charge in [-0.15, -0.1) is 10.2 Å². The third-order valence-electron chi connectivity index (χ3n) is 7.76. The SMILES string of the molecule is Cc1nnn(C23CC4CC(CC(NC(=O)C5CC(=O)N(CCN(C)C)C5)(C4)C2)C3)n1. The predicted molar refractivity (Wildman–Crippen MR) is 109 cm³/mol. The molecular formula is C21H33N7O2. The summed E-state index contributed by atoms with van der Waals surface area (Å²) < 4.78 is 0. The number of rotatable bonds is 6. The van der Waals surface area contributed by atoms with Crippen LogP contribution in [0.15, 0.2) is 0 Å². The molecule has 1 aliphatic heterocycles. The molecule has 0 radical (unpaired) electrons. The van der Waals surface area contributed by atoms with Gasteiger partial charge in [-0.05, 0) is 76.6 Å². The Morgan fingerprint density at radius 2 is 1.97 bits per heavy atom. The lowest BCUT2D eigenvalue weighted by Crippen LogP contribution is -2.66. The van der Waals surface area contributed by atoms with Gasteiger partial charge >= 0.3 is 0 Å². The normalized spacial score (nSPS) is 37.4. The minimum absolute atomic E-state index is 0.0514. The van der Waals surface area contributed by atoms with Gasteiger partial charge in [-0.3, -0.25) is 9.59 Å². The predicted octanol–water partition coefficient (Wildman–Crippen LogP) is 0.556. The van der Waals surface area contributed by atoms with Crippen molar-refractivity contribution in [2.45, 2.75) is 62.9 Å². The van der Waals surface area contributed by atoms with Gasteiger partial charge in [0.05, 0.1) is 11.5 Å². The Balaban J connectivity index is 1.30. The van der Waals surface area contributed by atoms with E-state index in [1.165, 1.54) is 6.42 Å². The van der Waals surface area contributed by atoms with E-state index in [0.717, 1.165) is 38.6 Å². The van der Waals surface area contributed by atoms with Gasteiger partial charge in [0.15, 0.2) is 5.82 Å². The topological polar surface area (TPSA) is 96.2 Å². The van der Waals surface area contributed by atoms with Crippen molar-refractivity contribution in [1.82, 2.24) is 35.3 Å². The number of nitrogens with zero attached hydrogens (tertiary/aromatic N) is 6. The molecule has 6 rings (SSSR count). The first-order valence-electron chi connectivity index (χ1n) is 11.3. The summed E-state index contributed by atoms with van der Waals surface area (Å²) in [6.07, 6.45) is 6.68. The van der Waals surface area contributed by atoms with Crippen molar-refractivity contribution in [3.8, 4) is 0 Å². The van der Waals surface area contributed by atoms with E-state index in [4.69, 9.17) is 0 Å². The van der Waals surface area contributed by atoms with Crippen molar-refractivity contribution >= 4 is 11.8 Å². The molecule has 0 spiro atoms. The van der Waals surface area contributed by atoms with Crippen LogP contribution in [0.25, 0.3) is 0 Å². The Labute approximate surface area is 177 Å². The molecule has 3 unspecified atom stereocenters. The molecule has 4 saturated carbocycles. The van der Waals surface area contributed by atoms with E-state index in [1.54, 1.807) is 0 Å². The zero-order chi connectivity index (χ0) is 21.1. The van der Waals surface area contributed by atoms with Crippen molar-refractivity contribution in [3.63, 3.8) is 0 Å². The fourth-order valence-electron chi connectivity index (χ4n) is 6.93. The molecule has 1 aromatic rings. The minimum atomic E-state index is -0.240. The summed E-state index contributed by atoms with van der Waals surface area (Å²) in [7, 11) is 4.00. The van der Waals surface area contributed by atoms with Crippen LogP contribution in [0.1, 0.15) is 50.8 Å². The van der Waals surface area contributed by atoms with Crippen molar-refractivity contribution in [1.29, 1.82) is 0 Å². The van der Waals surface area contributed by atoms with E-state index >= 15 is 0 Å². The molecule has 9 nitrogen and oxygen atoms in total. The van der Waals surface area contributed by atoms with E-state index in [1.807, 2.05) is 30.7 Å². The zero-order valence-corrected chi connectivity index (χ0v) is 18.3. The molecule has 0 aromatic carbocycles. The number of nitrogens with one attached hydrogen (secondary N) is 1. The fraction of sp³-hybridized carbons (Fsp3) is 0.857.